The third kappa shape index (κ3) is 4.21. The number of carbonyl (C=O) groups excluding carboxylic acids is 1. The van der Waals surface area contributed by atoms with Crippen molar-refractivity contribution in [2.45, 2.75) is 12.0 Å². The molecule has 1 aromatic heterocycles. The molecule has 30 heavy (non-hydrogen) atoms. The predicted octanol–water partition coefficient (Wildman–Crippen LogP) is 3.11. The average molecular weight is 401 g/mol. The van der Waals surface area contributed by atoms with Gasteiger partial charge in [0.05, 0.1) is 11.9 Å². The van der Waals surface area contributed by atoms with Crippen molar-refractivity contribution in [2.75, 3.05) is 20.7 Å². The van der Waals surface area contributed by atoms with E-state index in [9.17, 15) is 4.79 Å². The average Bonchev–Trinajstić information content (AvgIpc) is 3.15. The molecule has 1 N–H and O–H groups in total. The Hall–Kier alpha value is -3.58. The van der Waals surface area contributed by atoms with Gasteiger partial charge in [-0.3, -0.25) is 14.8 Å². The molecule has 0 spiro atoms. The third-order valence-electron chi connectivity index (χ3n) is 5.12. The molecular weight excluding hydrogens is 378 g/mol. The Morgan fingerprint density at radius 3 is 2.73 bits per heavy atom. The molecule has 0 saturated carbocycles. The Labute approximate surface area is 175 Å². The maximum absolute atomic E-state index is 12.7. The summed E-state index contributed by atoms with van der Waals surface area (Å²) in [7, 11) is 3.42. The van der Waals surface area contributed by atoms with Gasteiger partial charge >= 0.3 is 0 Å². The van der Waals surface area contributed by atoms with Crippen LogP contribution in [0.25, 0.3) is 10.8 Å². The lowest BCUT2D eigenvalue weighted by atomic mass is 9.96. The molecule has 0 bridgehead atoms. The number of benzene rings is 2. The standard InChI is InChI=1S/C23H23N5O2/c1-28-15-20(17-9-11-24-12-10-17)21(27-28)14-25-26-23(29)22(30-2)19-8-7-16-5-3-4-6-18(16)13-19/h3-14,20,22H,15H2,1-2H3,(H,26,29)/b25-14+. The highest BCUT2D eigenvalue weighted by atomic mass is 16.5. The Kier molecular flexibility index (Phi) is 5.81. The molecule has 2 aromatic carbocycles. The SMILES string of the molecule is COC(C(=O)N/N=C/C1=NN(C)CC1c1ccncc1)c1ccc2ccccc2c1. The van der Waals surface area contributed by atoms with Crippen LogP contribution in [0.3, 0.4) is 0 Å². The summed E-state index contributed by atoms with van der Waals surface area (Å²) in [5, 5.41) is 12.7. The van der Waals surface area contributed by atoms with Gasteiger partial charge in [-0.2, -0.15) is 10.2 Å². The summed E-state index contributed by atoms with van der Waals surface area (Å²) in [6.45, 7) is 0.747. The molecule has 7 nitrogen and oxygen atoms in total. The number of nitrogens with one attached hydrogen (secondary N) is 1. The van der Waals surface area contributed by atoms with Crippen LogP contribution in [0.4, 0.5) is 0 Å². The molecule has 2 atom stereocenters. The molecule has 152 valence electrons. The third-order valence-corrected chi connectivity index (χ3v) is 5.12. The summed E-state index contributed by atoms with van der Waals surface area (Å²) >= 11 is 0. The maximum Gasteiger partial charge on any atom is 0.273 e. The predicted molar refractivity (Wildman–Crippen MR) is 117 cm³/mol. The number of rotatable bonds is 6. The Balaban J connectivity index is 1.47. The van der Waals surface area contributed by atoms with Crippen molar-refractivity contribution in [3.05, 3.63) is 78.1 Å². The minimum atomic E-state index is -0.754. The van der Waals surface area contributed by atoms with Crippen LogP contribution in [-0.2, 0) is 9.53 Å². The van der Waals surface area contributed by atoms with Gasteiger partial charge in [-0.25, -0.2) is 5.43 Å². The number of ether oxygens (including phenoxy) is 1. The lowest BCUT2D eigenvalue weighted by Crippen LogP contribution is -2.27. The van der Waals surface area contributed by atoms with Crippen LogP contribution in [0.15, 0.2) is 77.2 Å². The van der Waals surface area contributed by atoms with Crippen LogP contribution in [0.1, 0.15) is 23.1 Å². The number of methoxy groups -OCH3 is 1. The van der Waals surface area contributed by atoms with Crippen LogP contribution in [0.5, 0.6) is 0 Å². The van der Waals surface area contributed by atoms with Crippen molar-refractivity contribution in [2.24, 2.45) is 10.2 Å². The van der Waals surface area contributed by atoms with Crippen molar-refractivity contribution in [1.82, 2.24) is 15.4 Å². The van der Waals surface area contributed by atoms with Gasteiger partial charge in [0.25, 0.3) is 5.91 Å². The van der Waals surface area contributed by atoms with Crippen LogP contribution in [0, 0.1) is 0 Å². The van der Waals surface area contributed by atoms with E-state index < -0.39 is 6.10 Å². The summed E-state index contributed by atoms with van der Waals surface area (Å²) in [5.41, 5.74) is 5.25. The van der Waals surface area contributed by atoms with Crippen LogP contribution >= 0.6 is 0 Å². The molecule has 4 rings (SSSR count). The van der Waals surface area contributed by atoms with Crippen molar-refractivity contribution in [1.29, 1.82) is 0 Å². The minimum absolute atomic E-state index is 0.0809. The van der Waals surface area contributed by atoms with Crippen molar-refractivity contribution >= 4 is 28.6 Å². The lowest BCUT2D eigenvalue weighted by molar-refractivity contribution is -0.131. The molecular formula is C23H23N5O2. The first kappa shape index (κ1) is 19.7. The van der Waals surface area contributed by atoms with Gasteiger partial charge in [-0.15, -0.1) is 0 Å². The van der Waals surface area contributed by atoms with Crippen molar-refractivity contribution < 1.29 is 9.53 Å². The Bertz CT molecular complexity index is 1100. The van der Waals surface area contributed by atoms with Gasteiger partial charge < -0.3 is 4.74 Å². The molecule has 2 unspecified atom stereocenters. The molecule has 0 saturated heterocycles. The van der Waals surface area contributed by atoms with Gasteiger partial charge in [0.15, 0.2) is 6.10 Å². The minimum Gasteiger partial charge on any atom is -0.367 e. The quantitative estimate of drug-likeness (QED) is 0.508. The first-order chi connectivity index (χ1) is 14.7. The number of aromatic nitrogens is 1. The number of hydrogen-bond acceptors (Lipinski definition) is 6. The highest BCUT2D eigenvalue weighted by Crippen LogP contribution is 2.24. The molecule has 1 amide bonds. The van der Waals surface area contributed by atoms with E-state index in [0.29, 0.717) is 0 Å². The van der Waals surface area contributed by atoms with Gasteiger partial charge in [0.2, 0.25) is 0 Å². The number of nitrogens with zero attached hydrogens (tertiary/aromatic N) is 4. The zero-order valence-corrected chi connectivity index (χ0v) is 16.9. The number of fused-ring (bicyclic) bond motifs is 1. The second kappa shape index (κ2) is 8.84. The van der Waals surface area contributed by atoms with Gasteiger partial charge in [0, 0.05) is 39.0 Å². The second-order valence-corrected chi connectivity index (χ2v) is 7.15. The zero-order valence-electron chi connectivity index (χ0n) is 16.9. The van der Waals surface area contributed by atoms with E-state index in [1.165, 1.54) is 7.11 Å². The molecule has 1 aliphatic rings. The smallest absolute Gasteiger partial charge is 0.273 e. The highest BCUT2D eigenvalue weighted by molar-refractivity contribution is 6.33. The van der Waals surface area contributed by atoms with Crippen molar-refractivity contribution in [3.8, 4) is 0 Å². The van der Waals surface area contributed by atoms with Gasteiger partial charge in [0.1, 0.15) is 0 Å². The summed E-state index contributed by atoms with van der Waals surface area (Å²) in [4.78, 5) is 16.8. The molecule has 3 aromatic rings. The summed E-state index contributed by atoms with van der Waals surface area (Å²) in [6.07, 6.45) is 4.36. The number of likely N-dealkylation sites (N-methyl/N-ethyl adjacent to an activating group) is 1. The van der Waals surface area contributed by atoms with E-state index in [0.717, 1.165) is 34.2 Å². The van der Waals surface area contributed by atoms with E-state index >= 15 is 0 Å². The number of pyridine rings is 1. The van der Waals surface area contributed by atoms with E-state index in [1.54, 1.807) is 18.6 Å². The Morgan fingerprint density at radius 1 is 1.20 bits per heavy atom. The first-order valence-electron chi connectivity index (χ1n) is 9.69. The molecule has 2 heterocycles. The summed E-state index contributed by atoms with van der Waals surface area (Å²) in [5.74, 6) is -0.256. The number of carbonyl (C=O) groups is 1. The molecule has 0 radical (unpaired) electrons. The molecule has 7 heteroatoms. The zero-order chi connectivity index (χ0) is 20.9. The fourth-order valence-corrected chi connectivity index (χ4v) is 3.64. The van der Waals surface area contributed by atoms with Crippen LogP contribution in [-0.4, -0.2) is 48.5 Å². The van der Waals surface area contributed by atoms with Gasteiger partial charge in [-0.05, 0) is 40.1 Å². The van der Waals surface area contributed by atoms with E-state index in [4.69, 9.17) is 4.74 Å². The van der Waals surface area contributed by atoms with E-state index in [1.807, 2.05) is 66.7 Å². The number of hydrogen-bond donors (Lipinski definition) is 1. The first-order valence-corrected chi connectivity index (χ1v) is 9.69. The van der Waals surface area contributed by atoms with Crippen LogP contribution in [0.2, 0.25) is 0 Å². The van der Waals surface area contributed by atoms with Crippen LogP contribution < -0.4 is 5.43 Å². The Morgan fingerprint density at radius 2 is 1.97 bits per heavy atom. The molecule has 0 fully saturated rings. The van der Waals surface area contributed by atoms with Crippen molar-refractivity contribution in [3.63, 3.8) is 0 Å². The fourth-order valence-electron chi connectivity index (χ4n) is 3.64. The van der Waals surface area contributed by atoms with E-state index in [-0.39, 0.29) is 11.8 Å². The topological polar surface area (TPSA) is 79.2 Å². The number of amides is 1. The number of hydrazone groups is 2. The van der Waals surface area contributed by atoms with Gasteiger partial charge in [-0.1, -0.05) is 36.4 Å². The van der Waals surface area contributed by atoms with E-state index in [2.05, 4.69) is 20.6 Å². The fraction of sp³-hybridized carbons (Fsp3) is 0.217. The largest absolute Gasteiger partial charge is 0.367 e. The maximum atomic E-state index is 12.7. The normalized spacial score (nSPS) is 17.3. The monoisotopic (exact) mass is 401 g/mol. The summed E-state index contributed by atoms with van der Waals surface area (Å²) < 4.78 is 5.45. The summed E-state index contributed by atoms with van der Waals surface area (Å²) in [6, 6.07) is 17.8. The molecule has 1 aliphatic heterocycles. The molecule has 0 aliphatic carbocycles. The lowest BCUT2D eigenvalue weighted by Gasteiger charge is -2.14. The highest BCUT2D eigenvalue weighted by Gasteiger charge is 2.25. The second-order valence-electron chi connectivity index (χ2n) is 7.15.